The van der Waals surface area contributed by atoms with Gasteiger partial charge in [-0.3, -0.25) is 14.9 Å². The maximum Gasteiger partial charge on any atom is 0.305 e. The summed E-state index contributed by atoms with van der Waals surface area (Å²) in [5.41, 5.74) is 3.86. The number of carbonyl (C=O) groups excluding carboxylic acids is 1. The van der Waals surface area contributed by atoms with E-state index in [0.717, 1.165) is 0 Å². The Morgan fingerprint density at radius 1 is 1.17 bits per heavy atom. The van der Waals surface area contributed by atoms with Gasteiger partial charge in [0, 0.05) is 11.8 Å². The van der Waals surface area contributed by atoms with Crippen LogP contribution < -0.4 is 16.2 Å². The molecule has 0 aliphatic carbocycles. The SMILES string of the molecule is Nc1nc(Nc2ccc(S(N)(=O)=O)cc2)sc1C(=O)c1c(F)ccc([N+](=O)[O-])c1F. The molecule has 0 fully saturated rings. The van der Waals surface area contributed by atoms with Crippen LogP contribution in [-0.4, -0.2) is 24.1 Å². The van der Waals surface area contributed by atoms with Gasteiger partial charge in [0.25, 0.3) is 0 Å². The average Bonchev–Trinajstić information content (AvgIpc) is 3.01. The highest BCUT2D eigenvalue weighted by Crippen LogP contribution is 2.32. The minimum atomic E-state index is -3.88. The minimum absolute atomic E-state index is 0.0606. The molecule has 0 spiro atoms. The van der Waals surface area contributed by atoms with Crippen LogP contribution in [0.2, 0.25) is 0 Å². The van der Waals surface area contributed by atoms with Crippen LogP contribution in [0, 0.1) is 21.7 Å². The van der Waals surface area contributed by atoms with Gasteiger partial charge in [0.05, 0.1) is 9.82 Å². The first-order valence-electron chi connectivity index (χ1n) is 7.82. The van der Waals surface area contributed by atoms with Crippen molar-refractivity contribution in [1.29, 1.82) is 0 Å². The number of carbonyl (C=O) groups is 1. The summed E-state index contributed by atoms with van der Waals surface area (Å²) in [4.78, 5) is 25.8. The highest BCUT2D eigenvalue weighted by atomic mass is 32.2. The van der Waals surface area contributed by atoms with Gasteiger partial charge in [-0.05, 0) is 30.3 Å². The molecule has 5 N–H and O–H groups in total. The number of sulfonamides is 1. The first-order chi connectivity index (χ1) is 14.0. The van der Waals surface area contributed by atoms with Crippen molar-refractivity contribution in [3.8, 4) is 0 Å². The molecule has 1 aromatic heterocycles. The third-order valence-corrected chi connectivity index (χ3v) is 5.70. The molecule has 0 saturated carbocycles. The molecular formula is C16H11F2N5O5S2. The molecule has 2 aromatic carbocycles. The Morgan fingerprint density at radius 3 is 2.37 bits per heavy atom. The van der Waals surface area contributed by atoms with E-state index in [-0.39, 0.29) is 20.7 Å². The van der Waals surface area contributed by atoms with Crippen molar-refractivity contribution in [3.05, 3.63) is 68.6 Å². The summed E-state index contributed by atoms with van der Waals surface area (Å²) in [5.74, 6) is -4.46. The first-order valence-corrected chi connectivity index (χ1v) is 10.2. The lowest BCUT2D eigenvalue weighted by molar-refractivity contribution is -0.387. The second kappa shape index (κ2) is 7.74. The Balaban J connectivity index is 1.93. The smallest absolute Gasteiger partial charge is 0.305 e. The molecule has 3 rings (SSSR count). The number of rotatable bonds is 6. The van der Waals surface area contributed by atoms with E-state index < -0.39 is 43.6 Å². The predicted molar refractivity (Wildman–Crippen MR) is 104 cm³/mol. The molecule has 0 radical (unpaired) electrons. The van der Waals surface area contributed by atoms with E-state index in [1.807, 2.05) is 0 Å². The number of primary sulfonamides is 1. The van der Waals surface area contributed by atoms with Crippen LogP contribution in [-0.2, 0) is 10.0 Å². The van der Waals surface area contributed by atoms with Crippen molar-refractivity contribution < 1.29 is 26.9 Å². The Labute approximate surface area is 171 Å². The van der Waals surface area contributed by atoms with Crippen molar-refractivity contribution in [2.45, 2.75) is 4.90 Å². The number of nitro benzene ring substituents is 1. The lowest BCUT2D eigenvalue weighted by Crippen LogP contribution is -2.11. The fraction of sp³-hybridized carbons (Fsp3) is 0. The molecule has 3 aromatic rings. The van der Waals surface area contributed by atoms with Crippen LogP contribution >= 0.6 is 11.3 Å². The minimum Gasteiger partial charge on any atom is -0.382 e. The molecule has 10 nitrogen and oxygen atoms in total. The number of ketones is 1. The number of hydrogen-bond donors (Lipinski definition) is 3. The van der Waals surface area contributed by atoms with Crippen LogP contribution in [0.25, 0.3) is 0 Å². The topological polar surface area (TPSA) is 171 Å². The fourth-order valence-electron chi connectivity index (χ4n) is 2.40. The number of anilines is 3. The molecule has 30 heavy (non-hydrogen) atoms. The number of nitro groups is 1. The van der Waals surface area contributed by atoms with Crippen molar-refractivity contribution in [2.75, 3.05) is 11.1 Å². The summed E-state index contributed by atoms with van der Waals surface area (Å²) in [6.07, 6.45) is 0. The third kappa shape index (κ3) is 4.10. The summed E-state index contributed by atoms with van der Waals surface area (Å²) in [6, 6.07) is 6.42. The monoisotopic (exact) mass is 455 g/mol. The number of thiazole rings is 1. The van der Waals surface area contributed by atoms with E-state index in [0.29, 0.717) is 29.2 Å². The van der Waals surface area contributed by atoms with Gasteiger partial charge in [0.15, 0.2) is 5.13 Å². The van der Waals surface area contributed by atoms with Crippen molar-refractivity contribution in [1.82, 2.24) is 4.98 Å². The van der Waals surface area contributed by atoms with Gasteiger partial charge >= 0.3 is 5.69 Å². The third-order valence-electron chi connectivity index (χ3n) is 3.79. The van der Waals surface area contributed by atoms with Crippen LogP contribution in [0.3, 0.4) is 0 Å². The number of halogens is 2. The van der Waals surface area contributed by atoms with E-state index in [2.05, 4.69) is 10.3 Å². The van der Waals surface area contributed by atoms with E-state index >= 15 is 0 Å². The number of nitrogen functional groups attached to an aromatic ring is 1. The average molecular weight is 455 g/mol. The van der Waals surface area contributed by atoms with Crippen LogP contribution in [0.4, 0.5) is 31.1 Å². The van der Waals surface area contributed by atoms with Crippen LogP contribution in [0.15, 0.2) is 41.3 Å². The molecule has 0 aliphatic heterocycles. The second-order valence-electron chi connectivity index (χ2n) is 5.77. The van der Waals surface area contributed by atoms with Crippen LogP contribution in [0.5, 0.6) is 0 Å². The second-order valence-corrected chi connectivity index (χ2v) is 8.33. The molecule has 156 valence electrons. The quantitative estimate of drug-likeness (QED) is 0.289. The fourth-order valence-corrected chi connectivity index (χ4v) is 3.77. The summed E-state index contributed by atoms with van der Waals surface area (Å²) in [7, 11) is -3.88. The normalized spacial score (nSPS) is 11.3. The number of benzene rings is 2. The van der Waals surface area contributed by atoms with Crippen molar-refractivity contribution in [2.24, 2.45) is 5.14 Å². The highest BCUT2D eigenvalue weighted by molar-refractivity contribution is 7.89. The van der Waals surface area contributed by atoms with Gasteiger partial charge < -0.3 is 11.1 Å². The number of hydrogen-bond acceptors (Lipinski definition) is 9. The molecule has 0 aliphatic rings. The highest BCUT2D eigenvalue weighted by Gasteiger charge is 2.29. The molecule has 0 saturated heterocycles. The maximum absolute atomic E-state index is 14.3. The molecule has 1 heterocycles. The van der Waals surface area contributed by atoms with Gasteiger partial charge in [-0.1, -0.05) is 11.3 Å². The number of aromatic nitrogens is 1. The van der Waals surface area contributed by atoms with Crippen molar-refractivity contribution >= 4 is 49.5 Å². The predicted octanol–water partition coefficient (Wildman–Crippen LogP) is 2.53. The lowest BCUT2D eigenvalue weighted by Gasteiger charge is -2.04. The van der Waals surface area contributed by atoms with Gasteiger partial charge in [0.2, 0.25) is 21.6 Å². The summed E-state index contributed by atoms with van der Waals surface area (Å²) in [6.45, 7) is 0. The van der Waals surface area contributed by atoms with E-state index in [1.54, 1.807) is 0 Å². The van der Waals surface area contributed by atoms with Crippen LogP contribution in [0.1, 0.15) is 15.2 Å². The van der Waals surface area contributed by atoms with E-state index in [1.165, 1.54) is 24.3 Å². The van der Waals surface area contributed by atoms with Crippen molar-refractivity contribution in [3.63, 3.8) is 0 Å². The Bertz CT molecular complexity index is 1280. The van der Waals surface area contributed by atoms with Gasteiger partial charge in [-0.2, -0.15) is 4.39 Å². The van der Waals surface area contributed by atoms with Gasteiger partial charge in [0.1, 0.15) is 22.1 Å². The lowest BCUT2D eigenvalue weighted by atomic mass is 10.1. The maximum atomic E-state index is 14.3. The molecule has 14 heteroatoms. The molecule has 0 atom stereocenters. The Morgan fingerprint density at radius 2 is 1.80 bits per heavy atom. The molecule has 0 bridgehead atoms. The van der Waals surface area contributed by atoms with E-state index in [4.69, 9.17) is 10.9 Å². The summed E-state index contributed by atoms with van der Waals surface area (Å²) >= 11 is 0.656. The zero-order valence-corrected chi connectivity index (χ0v) is 16.3. The molecular weight excluding hydrogens is 444 g/mol. The standard InChI is InChI=1S/C16H11F2N5O5S2/c17-9-5-6-10(23(25)26)12(18)11(9)13(24)14-15(19)22-16(29-14)21-7-1-3-8(4-2-7)30(20,27)28/h1-6H,19H2,(H,21,22)(H2,20,27,28). The Kier molecular flexibility index (Phi) is 5.47. The van der Waals surface area contributed by atoms with Gasteiger partial charge in [-0.15, -0.1) is 0 Å². The van der Waals surface area contributed by atoms with E-state index in [9.17, 15) is 32.1 Å². The number of nitrogens with zero attached hydrogens (tertiary/aromatic N) is 2. The Hall–Kier alpha value is -3.49. The largest absolute Gasteiger partial charge is 0.382 e. The molecule has 0 unspecified atom stereocenters. The number of nitrogens with two attached hydrogens (primary N) is 2. The van der Waals surface area contributed by atoms with Gasteiger partial charge in [-0.25, -0.2) is 22.9 Å². The summed E-state index contributed by atoms with van der Waals surface area (Å²) in [5, 5.41) is 18.7. The molecule has 0 amide bonds. The zero-order chi connectivity index (χ0) is 22.2. The zero-order valence-electron chi connectivity index (χ0n) is 14.6. The first kappa shape index (κ1) is 21.2. The summed E-state index contributed by atoms with van der Waals surface area (Å²) < 4.78 is 50.9. The number of nitrogens with one attached hydrogen (secondary N) is 1.